The van der Waals surface area contributed by atoms with E-state index in [0.29, 0.717) is 35.3 Å². The first-order valence-electron chi connectivity index (χ1n) is 9.64. The predicted octanol–water partition coefficient (Wildman–Crippen LogP) is 4.98. The Morgan fingerprint density at radius 3 is 2.59 bits per heavy atom. The minimum atomic E-state index is -1.88. The van der Waals surface area contributed by atoms with Crippen molar-refractivity contribution in [2.45, 2.75) is 39.1 Å². The molecule has 0 N–H and O–H groups in total. The van der Waals surface area contributed by atoms with Gasteiger partial charge in [-0.15, -0.1) is 0 Å². The Morgan fingerprint density at radius 2 is 1.97 bits per heavy atom. The van der Waals surface area contributed by atoms with Crippen LogP contribution in [0.15, 0.2) is 35.6 Å². The summed E-state index contributed by atoms with van der Waals surface area (Å²) in [7, 11) is -0.410. The van der Waals surface area contributed by atoms with Crippen LogP contribution < -0.4 is 4.90 Å². The zero-order valence-corrected chi connectivity index (χ0v) is 18.5. The molecule has 1 aliphatic heterocycles. The standard InChI is InChI=1S/C21H27F2N3O2Si/c1-14(2)29(4,5)28-13-15-7-6-8-18(20(15)23)16-9-19(22)21(24-10-16)26-11-17(12-26)25-27-3/h6-10,14H,11-13H2,1-5H3. The number of pyridine rings is 1. The van der Waals surface area contributed by atoms with Crippen LogP contribution in [-0.4, -0.2) is 39.2 Å². The summed E-state index contributed by atoms with van der Waals surface area (Å²) in [6, 6.07) is 6.42. The van der Waals surface area contributed by atoms with Gasteiger partial charge in [0.05, 0.1) is 25.4 Å². The lowest BCUT2D eigenvalue weighted by Gasteiger charge is -2.33. The van der Waals surface area contributed by atoms with E-state index >= 15 is 4.39 Å². The van der Waals surface area contributed by atoms with Gasteiger partial charge in [-0.1, -0.05) is 37.2 Å². The molecule has 1 saturated heterocycles. The Morgan fingerprint density at radius 1 is 1.24 bits per heavy atom. The van der Waals surface area contributed by atoms with E-state index < -0.39 is 20.0 Å². The molecule has 0 unspecified atom stereocenters. The number of hydrogen-bond acceptors (Lipinski definition) is 5. The summed E-state index contributed by atoms with van der Waals surface area (Å²) in [5.41, 5.74) is 2.44. The first-order chi connectivity index (χ1) is 13.7. The average molecular weight is 420 g/mol. The molecular formula is C21H27F2N3O2Si. The summed E-state index contributed by atoms with van der Waals surface area (Å²) in [5, 5.41) is 3.83. The van der Waals surface area contributed by atoms with Crippen LogP contribution in [0.1, 0.15) is 19.4 Å². The van der Waals surface area contributed by atoms with Crippen molar-refractivity contribution in [2.75, 3.05) is 25.1 Å². The van der Waals surface area contributed by atoms with Crippen molar-refractivity contribution in [3.8, 4) is 11.1 Å². The van der Waals surface area contributed by atoms with Gasteiger partial charge in [0.15, 0.2) is 20.0 Å². The Kier molecular flexibility index (Phi) is 6.33. The van der Waals surface area contributed by atoms with Crippen LogP contribution in [0, 0.1) is 11.6 Å². The molecule has 1 aromatic heterocycles. The predicted molar refractivity (Wildman–Crippen MR) is 114 cm³/mol. The number of halogens is 2. The Bertz CT molecular complexity index is 911. The molecule has 0 atom stereocenters. The molecule has 0 amide bonds. The number of oxime groups is 1. The summed E-state index contributed by atoms with van der Waals surface area (Å²) in [5.74, 6) is -0.657. The second-order valence-electron chi connectivity index (χ2n) is 8.05. The monoisotopic (exact) mass is 419 g/mol. The molecule has 8 heteroatoms. The van der Waals surface area contributed by atoms with Crippen LogP contribution >= 0.6 is 0 Å². The van der Waals surface area contributed by atoms with Crippen LogP contribution in [0.25, 0.3) is 11.1 Å². The molecule has 5 nitrogen and oxygen atoms in total. The first-order valence-corrected chi connectivity index (χ1v) is 12.6. The van der Waals surface area contributed by atoms with Crippen molar-refractivity contribution in [2.24, 2.45) is 5.16 Å². The van der Waals surface area contributed by atoms with E-state index in [9.17, 15) is 4.39 Å². The maximum Gasteiger partial charge on any atom is 0.189 e. The fourth-order valence-corrected chi connectivity index (χ4v) is 3.75. The third-order valence-corrected chi connectivity index (χ3v) is 9.14. The molecule has 0 bridgehead atoms. The molecule has 1 aliphatic rings. The van der Waals surface area contributed by atoms with Crippen LogP contribution in [0.4, 0.5) is 14.6 Å². The summed E-state index contributed by atoms with van der Waals surface area (Å²) >= 11 is 0. The molecule has 0 radical (unpaired) electrons. The highest BCUT2D eigenvalue weighted by Gasteiger charge is 2.28. The molecule has 3 rings (SSSR count). The minimum Gasteiger partial charge on any atom is -0.413 e. The molecule has 156 valence electrons. The van der Waals surface area contributed by atoms with Gasteiger partial charge in [-0.25, -0.2) is 13.8 Å². The SMILES string of the molecule is CON=C1CN(c2ncc(-c3cccc(CO[Si](C)(C)C(C)C)c3F)cc2F)C1. The summed E-state index contributed by atoms with van der Waals surface area (Å²) in [6.07, 6.45) is 1.50. The largest absolute Gasteiger partial charge is 0.413 e. The Hall–Kier alpha value is -2.32. The highest BCUT2D eigenvalue weighted by atomic mass is 28.4. The van der Waals surface area contributed by atoms with Gasteiger partial charge < -0.3 is 14.2 Å². The average Bonchev–Trinajstić information content (AvgIpc) is 2.64. The molecule has 1 fully saturated rings. The zero-order valence-electron chi connectivity index (χ0n) is 17.5. The molecule has 29 heavy (non-hydrogen) atoms. The van der Waals surface area contributed by atoms with Gasteiger partial charge in [0.2, 0.25) is 0 Å². The van der Waals surface area contributed by atoms with Gasteiger partial charge in [0, 0.05) is 22.9 Å². The van der Waals surface area contributed by atoms with Crippen molar-refractivity contribution in [1.29, 1.82) is 0 Å². The topological polar surface area (TPSA) is 47.0 Å². The highest BCUT2D eigenvalue weighted by molar-refractivity contribution is 6.72. The minimum absolute atomic E-state index is 0.209. The zero-order chi connectivity index (χ0) is 21.2. The van der Waals surface area contributed by atoms with E-state index in [2.05, 4.69) is 37.1 Å². The van der Waals surface area contributed by atoms with Gasteiger partial charge >= 0.3 is 0 Å². The maximum absolute atomic E-state index is 15.1. The fourth-order valence-electron chi connectivity index (χ4n) is 2.89. The number of rotatable bonds is 7. The number of nitrogens with zero attached hydrogens (tertiary/aromatic N) is 3. The van der Waals surface area contributed by atoms with E-state index in [1.807, 2.05) is 0 Å². The van der Waals surface area contributed by atoms with E-state index in [1.165, 1.54) is 19.4 Å². The summed E-state index contributed by atoms with van der Waals surface area (Å²) < 4.78 is 35.8. The van der Waals surface area contributed by atoms with Crippen molar-refractivity contribution in [1.82, 2.24) is 4.98 Å². The Labute approximate surface area is 171 Å². The van der Waals surface area contributed by atoms with E-state index in [0.717, 1.165) is 5.71 Å². The lowest BCUT2D eigenvalue weighted by molar-refractivity contribution is 0.211. The van der Waals surface area contributed by atoms with Gasteiger partial charge in [-0.2, -0.15) is 0 Å². The van der Waals surface area contributed by atoms with Crippen LogP contribution in [0.3, 0.4) is 0 Å². The quantitative estimate of drug-likeness (QED) is 0.469. The molecule has 2 aromatic rings. The van der Waals surface area contributed by atoms with Gasteiger partial charge in [-0.3, -0.25) is 0 Å². The third-order valence-electron chi connectivity index (χ3n) is 5.47. The second-order valence-corrected chi connectivity index (χ2v) is 12.7. The van der Waals surface area contributed by atoms with Gasteiger partial charge in [-0.05, 0) is 24.7 Å². The third kappa shape index (κ3) is 4.64. The lowest BCUT2D eigenvalue weighted by Crippen LogP contribution is -2.48. The highest BCUT2D eigenvalue weighted by Crippen LogP contribution is 2.30. The number of hydrogen-bond donors (Lipinski definition) is 0. The summed E-state index contributed by atoms with van der Waals surface area (Å²) in [4.78, 5) is 10.7. The van der Waals surface area contributed by atoms with E-state index in [1.54, 1.807) is 23.1 Å². The molecule has 0 aliphatic carbocycles. The van der Waals surface area contributed by atoms with Crippen molar-refractivity contribution >= 4 is 19.8 Å². The van der Waals surface area contributed by atoms with Crippen LogP contribution in [0.5, 0.6) is 0 Å². The molecular weight excluding hydrogens is 392 g/mol. The molecule has 1 aromatic carbocycles. The molecule has 0 saturated carbocycles. The van der Waals surface area contributed by atoms with Gasteiger partial charge in [0.1, 0.15) is 12.9 Å². The number of anilines is 1. The Balaban J connectivity index is 1.79. The molecule has 2 heterocycles. The van der Waals surface area contributed by atoms with Crippen LogP contribution in [-0.2, 0) is 15.9 Å². The van der Waals surface area contributed by atoms with Crippen LogP contribution in [0.2, 0.25) is 18.6 Å². The number of aromatic nitrogens is 1. The van der Waals surface area contributed by atoms with E-state index in [-0.39, 0.29) is 12.4 Å². The van der Waals surface area contributed by atoms with Crippen molar-refractivity contribution < 1.29 is 18.0 Å². The first kappa shape index (κ1) is 21.4. The second kappa shape index (κ2) is 8.58. The van der Waals surface area contributed by atoms with Crippen molar-refractivity contribution in [3.63, 3.8) is 0 Å². The van der Waals surface area contributed by atoms with E-state index in [4.69, 9.17) is 9.26 Å². The smallest absolute Gasteiger partial charge is 0.189 e. The maximum atomic E-state index is 15.1. The normalized spacial score (nSPS) is 14.2. The lowest BCUT2D eigenvalue weighted by atomic mass is 10.0. The summed E-state index contributed by atoms with van der Waals surface area (Å²) in [6.45, 7) is 9.63. The van der Waals surface area contributed by atoms with Crippen molar-refractivity contribution in [3.05, 3.63) is 47.7 Å². The fraction of sp³-hybridized carbons (Fsp3) is 0.429. The molecule has 0 spiro atoms. The number of benzene rings is 1. The van der Waals surface area contributed by atoms with Gasteiger partial charge in [0.25, 0.3) is 0 Å².